The van der Waals surface area contributed by atoms with Crippen LogP contribution in [0, 0.1) is 0 Å². The van der Waals surface area contributed by atoms with Gasteiger partial charge in [-0.3, -0.25) is 9.69 Å². The number of carbonyl (C=O) groups excluding carboxylic acids is 1. The van der Waals surface area contributed by atoms with Crippen LogP contribution in [0.2, 0.25) is 0 Å². The third-order valence-electron chi connectivity index (χ3n) is 2.57. The van der Waals surface area contributed by atoms with Crippen molar-refractivity contribution < 1.29 is 4.79 Å². The average Bonchev–Trinajstić information content (AvgIpc) is 2.15. The Morgan fingerprint density at radius 1 is 1.57 bits per heavy atom. The first kappa shape index (κ1) is 11.8. The first-order valence-corrected chi connectivity index (χ1v) is 6.22. The highest BCUT2D eigenvalue weighted by Crippen LogP contribution is 2.17. The Morgan fingerprint density at radius 3 is 2.86 bits per heavy atom. The van der Waals surface area contributed by atoms with Gasteiger partial charge in [0.1, 0.15) is 0 Å². The standard InChI is InChI=1S/C11H19NOS/c1-9(2)4-5-11(13)10-8-14-7-6-12(10)3/h10H,1,4-8H2,2-3H3. The van der Waals surface area contributed by atoms with E-state index in [1.54, 1.807) is 0 Å². The van der Waals surface area contributed by atoms with Gasteiger partial charge < -0.3 is 0 Å². The van der Waals surface area contributed by atoms with Gasteiger partial charge in [0.2, 0.25) is 0 Å². The molecule has 0 saturated carbocycles. The average molecular weight is 213 g/mol. The molecule has 14 heavy (non-hydrogen) atoms. The SMILES string of the molecule is C=C(C)CCC(=O)C1CSCCN1C. The Balaban J connectivity index is 2.38. The minimum absolute atomic E-state index is 0.146. The van der Waals surface area contributed by atoms with Crippen LogP contribution in [-0.2, 0) is 4.79 Å². The van der Waals surface area contributed by atoms with E-state index < -0.39 is 0 Å². The van der Waals surface area contributed by atoms with E-state index in [4.69, 9.17) is 0 Å². The van der Waals surface area contributed by atoms with Crippen molar-refractivity contribution >= 4 is 17.5 Å². The maximum Gasteiger partial charge on any atom is 0.151 e. The van der Waals surface area contributed by atoms with Crippen LogP contribution >= 0.6 is 11.8 Å². The molecule has 1 aliphatic heterocycles. The number of allylic oxidation sites excluding steroid dienone is 1. The summed E-state index contributed by atoms with van der Waals surface area (Å²) < 4.78 is 0. The second-order valence-electron chi connectivity index (χ2n) is 3.99. The molecule has 0 aromatic carbocycles. The predicted molar refractivity (Wildman–Crippen MR) is 62.8 cm³/mol. The number of thioether (sulfide) groups is 1. The molecule has 1 heterocycles. The van der Waals surface area contributed by atoms with Crippen molar-refractivity contribution in [3.63, 3.8) is 0 Å². The van der Waals surface area contributed by atoms with Crippen molar-refractivity contribution in [3.8, 4) is 0 Å². The number of carbonyl (C=O) groups is 1. The van der Waals surface area contributed by atoms with Crippen LogP contribution < -0.4 is 0 Å². The van der Waals surface area contributed by atoms with E-state index in [0.717, 1.165) is 30.0 Å². The lowest BCUT2D eigenvalue weighted by atomic mass is 10.1. The number of hydrogen-bond donors (Lipinski definition) is 0. The minimum atomic E-state index is 0.146. The van der Waals surface area contributed by atoms with E-state index in [1.807, 2.05) is 25.7 Å². The van der Waals surface area contributed by atoms with Crippen molar-refractivity contribution in [2.24, 2.45) is 0 Å². The largest absolute Gasteiger partial charge is 0.298 e. The van der Waals surface area contributed by atoms with E-state index in [0.29, 0.717) is 12.2 Å². The zero-order valence-electron chi connectivity index (χ0n) is 9.08. The number of Topliss-reactive ketones (excluding diaryl/α,β-unsaturated/α-hetero) is 1. The Kier molecular flexibility index (Phi) is 4.69. The van der Waals surface area contributed by atoms with Crippen LogP contribution in [0.1, 0.15) is 19.8 Å². The third kappa shape index (κ3) is 3.46. The molecule has 0 aromatic heterocycles. The monoisotopic (exact) mass is 213 g/mol. The molecule has 1 aliphatic rings. The number of hydrogen-bond acceptors (Lipinski definition) is 3. The molecule has 2 nitrogen and oxygen atoms in total. The van der Waals surface area contributed by atoms with Crippen molar-refractivity contribution in [2.75, 3.05) is 25.1 Å². The molecule has 1 unspecified atom stereocenters. The number of ketones is 1. The lowest BCUT2D eigenvalue weighted by Gasteiger charge is -2.30. The molecule has 0 spiro atoms. The van der Waals surface area contributed by atoms with Crippen molar-refractivity contribution in [2.45, 2.75) is 25.8 Å². The van der Waals surface area contributed by atoms with E-state index in [1.165, 1.54) is 0 Å². The quantitative estimate of drug-likeness (QED) is 0.666. The Hall–Kier alpha value is -0.280. The summed E-state index contributed by atoms with van der Waals surface area (Å²) >= 11 is 1.88. The van der Waals surface area contributed by atoms with Crippen LogP contribution in [0.3, 0.4) is 0 Å². The minimum Gasteiger partial charge on any atom is -0.298 e. The zero-order valence-corrected chi connectivity index (χ0v) is 9.90. The lowest BCUT2D eigenvalue weighted by Crippen LogP contribution is -2.44. The second kappa shape index (κ2) is 5.56. The Bertz CT molecular complexity index is 227. The maximum absolute atomic E-state index is 11.8. The number of nitrogens with zero attached hydrogens (tertiary/aromatic N) is 1. The third-order valence-corrected chi connectivity index (χ3v) is 3.59. The summed E-state index contributed by atoms with van der Waals surface area (Å²) in [5, 5.41) is 0. The van der Waals surface area contributed by atoms with Gasteiger partial charge in [-0.1, -0.05) is 5.57 Å². The molecule has 80 valence electrons. The molecule has 0 radical (unpaired) electrons. The predicted octanol–water partition coefficient (Wildman–Crippen LogP) is 1.96. The summed E-state index contributed by atoms with van der Waals surface area (Å²) in [5.41, 5.74) is 1.10. The van der Waals surface area contributed by atoms with Gasteiger partial charge in [-0.25, -0.2) is 0 Å². The van der Waals surface area contributed by atoms with Gasteiger partial charge in [0.15, 0.2) is 5.78 Å². The summed E-state index contributed by atoms with van der Waals surface area (Å²) in [5.74, 6) is 2.49. The van der Waals surface area contributed by atoms with E-state index >= 15 is 0 Å². The first-order valence-electron chi connectivity index (χ1n) is 5.06. The van der Waals surface area contributed by atoms with Crippen molar-refractivity contribution in [1.29, 1.82) is 0 Å². The topological polar surface area (TPSA) is 20.3 Å². The van der Waals surface area contributed by atoms with Crippen molar-refractivity contribution in [3.05, 3.63) is 12.2 Å². The summed E-state index contributed by atoms with van der Waals surface area (Å²) in [6.07, 6.45) is 1.50. The molecule has 0 bridgehead atoms. The van der Waals surface area contributed by atoms with Crippen LogP contribution in [0.4, 0.5) is 0 Å². The van der Waals surface area contributed by atoms with Crippen molar-refractivity contribution in [1.82, 2.24) is 4.90 Å². The van der Waals surface area contributed by atoms with E-state index in [-0.39, 0.29) is 6.04 Å². The molecule has 1 saturated heterocycles. The van der Waals surface area contributed by atoms with E-state index in [2.05, 4.69) is 11.5 Å². The van der Waals surface area contributed by atoms with Crippen LogP contribution in [0.15, 0.2) is 12.2 Å². The molecule has 0 aromatic rings. The molecular formula is C11H19NOS. The fraction of sp³-hybridized carbons (Fsp3) is 0.727. The second-order valence-corrected chi connectivity index (χ2v) is 5.14. The molecule has 0 aliphatic carbocycles. The number of likely N-dealkylation sites (N-methyl/N-ethyl adjacent to an activating group) is 1. The van der Waals surface area contributed by atoms with Gasteiger partial charge in [-0.2, -0.15) is 11.8 Å². The van der Waals surface area contributed by atoms with Crippen LogP contribution in [0.5, 0.6) is 0 Å². The first-order chi connectivity index (χ1) is 6.61. The summed E-state index contributed by atoms with van der Waals surface area (Å²) in [6.45, 7) is 6.83. The van der Waals surface area contributed by atoms with Crippen LogP contribution in [-0.4, -0.2) is 41.8 Å². The molecule has 1 fully saturated rings. The normalized spacial score (nSPS) is 23.4. The van der Waals surface area contributed by atoms with Gasteiger partial charge >= 0.3 is 0 Å². The van der Waals surface area contributed by atoms with Gasteiger partial charge in [-0.15, -0.1) is 6.58 Å². The van der Waals surface area contributed by atoms with Crippen LogP contribution in [0.25, 0.3) is 0 Å². The molecule has 3 heteroatoms. The fourth-order valence-electron chi connectivity index (χ4n) is 1.53. The Labute approximate surface area is 90.7 Å². The number of rotatable bonds is 4. The molecule has 1 rings (SSSR count). The van der Waals surface area contributed by atoms with Gasteiger partial charge in [-0.05, 0) is 20.4 Å². The Morgan fingerprint density at radius 2 is 2.29 bits per heavy atom. The summed E-state index contributed by atoms with van der Waals surface area (Å²) in [7, 11) is 2.04. The van der Waals surface area contributed by atoms with Gasteiger partial charge in [0.05, 0.1) is 6.04 Å². The highest BCUT2D eigenvalue weighted by molar-refractivity contribution is 7.99. The maximum atomic E-state index is 11.8. The zero-order chi connectivity index (χ0) is 10.6. The molecule has 1 atom stereocenters. The molecule has 0 N–H and O–H groups in total. The highest BCUT2D eigenvalue weighted by atomic mass is 32.2. The summed E-state index contributed by atoms with van der Waals surface area (Å²) in [4.78, 5) is 14.0. The molecular weight excluding hydrogens is 194 g/mol. The smallest absolute Gasteiger partial charge is 0.151 e. The van der Waals surface area contributed by atoms with Gasteiger partial charge in [0, 0.05) is 24.5 Å². The summed E-state index contributed by atoms with van der Waals surface area (Å²) in [6, 6.07) is 0.146. The highest BCUT2D eigenvalue weighted by Gasteiger charge is 2.25. The lowest BCUT2D eigenvalue weighted by molar-refractivity contribution is -0.123. The fourth-order valence-corrected chi connectivity index (χ4v) is 2.78. The molecule has 0 amide bonds. The van der Waals surface area contributed by atoms with E-state index in [9.17, 15) is 4.79 Å². The van der Waals surface area contributed by atoms with Gasteiger partial charge in [0.25, 0.3) is 0 Å².